The van der Waals surface area contributed by atoms with Crippen LogP contribution in [0.2, 0.25) is 0 Å². The van der Waals surface area contributed by atoms with E-state index < -0.39 is 0 Å². The largest absolute Gasteiger partial charge is 0.493 e. The van der Waals surface area contributed by atoms with Gasteiger partial charge in [0.1, 0.15) is 0 Å². The van der Waals surface area contributed by atoms with Crippen LogP contribution in [0, 0.1) is 0 Å². The van der Waals surface area contributed by atoms with E-state index in [1.807, 2.05) is 0 Å². The van der Waals surface area contributed by atoms with Crippen LogP contribution in [-0.4, -0.2) is 74.3 Å². The van der Waals surface area contributed by atoms with Gasteiger partial charge in [0, 0.05) is 42.0 Å². The lowest BCUT2D eigenvalue weighted by atomic mass is 10.0. The molecule has 168 valence electrons. The van der Waals surface area contributed by atoms with Gasteiger partial charge in [0.2, 0.25) is 0 Å². The van der Waals surface area contributed by atoms with Crippen molar-refractivity contribution in [3.8, 4) is 11.5 Å². The van der Waals surface area contributed by atoms with Crippen LogP contribution in [-0.2, 0) is 12.8 Å². The van der Waals surface area contributed by atoms with E-state index in [0.29, 0.717) is 12.6 Å². The molecule has 31 heavy (non-hydrogen) atoms. The molecule has 0 radical (unpaired) electrons. The molecule has 6 nitrogen and oxygen atoms in total. The monoisotopic (exact) mass is 424 g/mol. The molecule has 0 bridgehead atoms. The van der Waals surface area contributed by atoms with Gasteiger partial charge in [0.15, 0.2) is 11.5 Å². The summed E-state index contributed by atoms with van der Waals surface area (Å²) in [5.74, 6) is 1.62. The molecule has 2 aliphatic heterocycles. The highest BCUT2D eigenvalue weighted by Crippen LogP contribution is 2.40. The number of nitrogens with zero attached hydrogens (tertiary/aromatic N) is 3. The highest BCUT2D eigenvalue weighted by atomic mass is 16.5. The van der Waals surface area contributed by atoms with Crippen LogP contribution >= 0.6 is 0 Å². The number of likely N-dealkylation sites (N-methyl/N-ethyl adjacent to an activating group) is 1. The maximum atomic E-state index is 6.18. The van der Waals surface area contributed by atoms with Gasteiger partial charge < -0.3 is 24.6 Å². The fraction of sp³-hybridized carbons (Fsp3) is 0.640. The van der Waals surface area contributed by atoms with Crippen molar-refractivity contribution in [1.29, 1.82) is 0 Å². The van der Waals surface area contributed by atoms with E-state index in [9.17, 15) is 0 Å². The van der Waals surface area contributed by atoms with Crippen molar-refractivity contribution < 1.29 is 9.47 Å². The standard InChI is InChI=1S/C25H36N4O2/c1-28-13-9-18(17-28)26-25-19-7-5-8-21(19)27-22-16-24(23(30-2)15-20(22)25)31-14-6-12-29-10-3-4-11-29/h15-16,18H,3-14,17H2,1-2H3,(H,26,27)/t18-/m1/s1. The molecule has 1 aliphatic carbocycles. The van der Waals surface area contributed by atoms with Crippen molar-refractivity contribution in [2.75, 3.05) is 58.8 Å². The summed E-state index contributed by atoms with van der Waals surface area (Å²) in [6.45, 7) is 6.55. The van der Waals surface area contributed by atoms with E-state index >= 15 is 0 Å². The second kappa shape index (κ2) is 9.21. The molecule has 2 aromatic rings. The van der Waals surface area contributed by atoms with Crippen LogP contribution in [0.5, 0.6) is 11.5 Å². The summed E-state index contributed by atoms with van der Waals surface area (Å²) < 4.78 is 11.9. The number of aromatic nitrogens is 1. The van der Waals surface area contributed by atoms with Crippen LogP contribution in [0.15, 0.2) is 12.1 Å². The first-order valence-electron chi connectivity index (χ1n) is 12.0. The molecule has 0 unspecified atom stereocenters. The van der Waals surface area contributed by atoms with Crippen molar-refractivity contribution in [3.63, 3.8) is 0 Å². The number of anilines is 1. The molecular formula is C25H36N4O2. The molecule has 1 atom stereocenters. The highest BCUT2D eigenvalue weighted by molar-refractivity contribution is 5.96. The van der Waals surface area contributed by atoms with Crippen LogP contribution < -0.4 is 14.8 Å². The second-order valence-corrected chi connectivity index (χ2v) is 9.43. The minimum atomic E-state index is 0.493. The minimum Gasteiger partial charge on any atom is -0.493 e. The minimum absolute atomic E-state index is 0.493. The highest BCUT2D eigenvalue weighted by Gasteiger charge is 2.25. The number of aryl methyl sites for hydroxylation is 1. The SMILES string of the molecule is COc1cc2c(N[C@@H]3CCN(C)C3)c3c(nc2cc1OCCCN1CCCC1)CCC3. The second-order valence-electron chi connectivity index (χ2n) is 9.43. The van der Waals surface area contributed by atoms with Gasteiger partial charge in [0.05, 0.1) is 19.2 Å². The molecular weight excluding hydrogens is 388 g/mol. The van der Waals surface area contributed by atoms with E-state index in [1.165, 1.54) is 55.7 Å². The first-order valence-corrected chi connectivity index (χ1v) is 12.0. The number of hydrogen-bond donors (Lipinski definition) is 1. The molecule has 2 fully saturated rings. The number of hydrogen-bond acceptors (Lipinski definition) is 6. The fourth-order valence-corrected chi connectivity index (χ4v) is 5.44. The number of ether oxygens (including phenoxy) is 2. The molecule has 1 N–H and O–H groups in total. The Labute approximate surface area is 185 Å². The zero-order valence-electron chi connectivity index (χ0n) is 19.1. The third kappa shape index (κ3) is 4.46. The topological polar surface area (TPSA) is 49.9 Å². The average Bonchev–Trinajstić information content (AvgIpc) is 3.53. The number of methoxy groups -OCH3 is 1. The Morgan fingerprint density at radius 1 is 1.10 bits per heavy atom. The lowest BCUT2D eigenvalue weighted by molar-refractivity contribution is 0.254. The van der Waals surface area contributed by atoms with E-state index in [2.05, 4.69) is 34.3 Å². The fourth-order valence-electron chi connectivity index (χ4n) is 5.44. The molecule has 2 saturated heterocycles. The van der Waals surface area contributed by atoms with Crippen molar-refractivity contribution in [2.45, 2.75) is 51.0 Å². The maximum Gasteiger partial charge on any atom is 0.163 e. The maximum absolute atomic E-state index is 6.18. The summed E-state index contributed by atoms with van der Waals surface area (Å²) in [5, 5.41) is 5.05. The van der Waals surface area contributed by atoms with E-state index in [0.717, 1.165) is 61.3 Å². The molecule has 0 spiro atoms. The normalized spacial score (nSPS) is 21.7. The number of likely N-dealkylation sites (tertiary alicyclic amines) is 2. The van der Waals surface area contributed by atoms with Gasteiger partial charge in [-0.05, 0) is 83.3 Å². The Morgan fingerprint density at radius 3 is 2.74 bits per heavy atom. The van der Waals surface area contributed by atoms with Gasteiger partial charge in [-0.1, -0.05) is 0 Å². The van der Waals surface area contributed by atoms with Crippen LogP contribution in [0.1, 0.15) is 43.4 Å². The third-order valence-corrected chi connectivity index (χ3v) is 7.11. The van der Waals surface area contributed by atoms with Crippen LogP contribution in [0.4, 0.5) is 5.69 Å². The number of nitrogens with one attached hydrogen (secondary N) is 1. The van der Waals surface area contributed by atoms with Crippen molar-refractivity contribution in [3.05, 3.63) is 23.4 Å². The third-order valence-electron chi connectivity index (χ3n) is 7.11. The van der Waals surface area contributed by atoms with Gasteiger partial charge in [-0.25, -0.2) is 0 Å². The first kappa shape index (κ1) is 20.8. The number of fused-ring (bicyclic) bond motifs is 2. The molecule has 0 saturated carbocycles. The summed E-state index contributed by atoms with van der Waals surface area (Å²) >= 11 is 0. The summed E-state index contributed by atoms with van der Waals surface area (Å²) in [7, 11) is 3.94. The number of pyridine rings is 1. The summed E-state index contributed by atoms with van der Waals surface area (Å²) in [6.07, 6.45) is 8.27. The molecule has 5 rings (SSSR count). The van der Waals surface area contributed by atoms with E-state index in [4.69, 9.17) is 14.5 Å². The Bertz CT molecular complexity index is 926. The molecule has 3 heterocycles. The lowest BCUT2D eigenvalue weighted by Crippen LogP contribution is -2.24. The summed E-state index contributed by atoms with van der Waals surface area (Å²) in [6, 6.07) is 4.72. The Morgan fingerprint density at radius 2 is 1.97 bits per heavy atom. The lowest BCUT2D eigenvalue weighted by Gasteiger charge is -2.21. The summed E-state index contributed by atoms with van der Waals surface area (Å²) in [5.41, 5.74) is 4.96. The quantitative estimate of drug-likeness (QED) is 0.652. The predicted molar refractivity (Wildman–Crippen MR) is 126 cm³/mol. The van der Waals surface area contributed by atoms with E-state index in [-0.39, 0.29) is 0 Å². The van der Waals surface area contributed by atoms with Crippen molar-refractivity contribution in [2.24, 2.45) is 0 Å². The van der Waals surface area contributed by atoms with Crippen LogP contribution in [0.25, 0.3) is 10.9 Å². The summed E-state index contributed by atoms with van der Waals surface area (Å²) in [4.78, 5) is 9.97. The van der Waals surface area contributed by atoms with Crippen molar-refractivity contribution >= 4 is 16.6 Å². The van der Waals surface area contributed by atoms with Gasteiger partial charge >= 0.3 is 0 Å². The van der Waals surface area contributed by atoms with Crippen LogP contribution in [0.3, 0.4) is 0 Å². The van der Waals surface area contributed by atoms with Gasteiger partial charge in [-0.2, -0.15) is 0 Å². The van der Waals surface area contributed by atoms with Gasteiger partial charge in [-0.15, -0.1) is 0 Å². The molecule has 1 aromatic heterocycles. The molecule has 0 amide bonds. The van der Waals surface area contributed by atoms with Crippen molar-refractivity contribution in [1.82, 2.24) is 14.8 Å². The Hall–Kier alpha value is -2.05. The molecule has 3 aliphatic rings. The predicted octanol–water partition coefficient (Wildman–Crippen LogP) is 3.71. The average molecular weight is 425 g/mol. The molecule has 6 heteroatoms. The van der Waals surface area contributed by atoms with Gasteiger partial charge in [-0.3, -0.25) is 4.98 Å². The number of benzene rings is 1. The Balaban J connectivity index is 1.39. The first-order chi connectivity index (χ1) is 15.2. The number of rotatable bonds is 8. The van der Waals surface area contributed by atoms with E-state index in [1.54, 1.807) is 7.11 Å². The zero-order chi connectivity index (χ0) is 21.2. The smallest absolute Gasteiger partial charge is 0.163 e. The Kier molecular flexibility index (Phi) is 6.19. The van der Waals surface area contributed by atoms with Gasteiger partial charge in [0.25, 0.3) is 0 Å². The molecule has 1 aromatic carbocycles. The zero-order valence-corrected chi connectivity index (χ0v) is 19.1.